The van der Waals surface area contributed by atoms with Crippen LogP contribution in [0.3, 0.4) is 0 Å². The van der Waals surface area contributed by atoms with Crippen molar-refractivity contribution in [2.75, 3.05) is 23.9 Å². The molecule has 6 aromatic rings. The summed E-state index contributed by atoms with van der Waals surface area (Å²) in [4.78, 5) is 65.9. The number of benzene rings is 4. The van der Waals surface area contributed by atoms with Crippen LogP contribution in [-0.2, 0) is 22.4 Å². The highest BCUT2D eigenvalue weighted by Gasteiger charge is 2.89. The van der Waals surface area contributed by atoms with Gasteiger partial charge in [-0.25, -0.2) is 9.97 Å². The van der Waals surface area contributed by atoms with Crippen LogP contribution in [0.25, 0.3) is 11.1 Å². The predicted molar refractivity (Wildman–Crippen MR) is 214 cm³/mol. The average molecular weight is 773 g/mol. The number of H-pyrrole nitrogens is 2. The number of rotatable bonds is 9. The van der Waals surface area contributed by atoms with Crippen molar-refractivity contribution >= 4 is 35.0 Å². The summed E-state index contributed by atoms with van der Waals surface area (Å²) in [7, 11) is 3.50. The summed E-state index contributed by atoms with van der Waals surface area (Å²) in [5, 5.41) is 19.9. The van der Waals surface area contributed by atoms with Gasteiger partial charge in [0.25, 0.3) is 17.7 Å². The molecule has 290 valence electrons. The quantitative estimate of drug-likeness (QED) is 0.165. The highest BCUT2D eigenvalue weighted by Crippen LogP contribution is 2.82. The van der Waals surface area contributed by atoms with E-state index in [2.05, 4.69) is 60.1 Å². The fourth-order valence-electron chi connectivity index (χ4n) is 9.26. The van der Waals surface area contributed by atoms with Gasteiger partial charge in [0.2, 0.25) is 17.6 Å². The summed E-state index contributed by atoms with van der Waals surface area (Å²) in [6, 6.07) is 31.1. The van der Waals surface area contributed by atoms with E-state index in [1.54, 1.807) is 23.9 Å². The molecule has 0 spiro atoms. The molecule has 58 heavy (non-hydrogen) atoms. The monoisotopic (exact) mass is 772 g/mol. The van der Waals surface area contributed by atoms with Gasteiger partial charge in [0.15, 0.2) is 0 Å². The maximum atomic E-state index is 13.6. The Hall–Kier alpha value is -6.96. The van der Waals surface area contributed by atoms with Crippen molar-refractivity contribution in [2.24, 2.45) is 11.8 Å². The first-order valence-electron chi connectivity index (χ1n) is 19.5. The van der Waals surface area contributed by atoms with E-state index >= 15 is 0 Å². The number of nitrogens with one attached hydrogen (secondary N) is 4. The third-order valence-electron chi connectivity index (χ3n) is 12.4. The van der Waals surface area contributed by atoms with Crippen molar-refractivity contribution in [3.05, 3.63) is 143 Å². The number of hydrogen-bond donors (Lipinski definition) is 4. The smallest absolute Gasteiger partial charge is 0.291 e. The van der Waals surface area contributed by atoms with E-state index in [-0.39, 0.29) is 47.1 Å². The van der Waals surface area contributed by atoms with Crippen LogP contribution in [-0.4, -0.2) is 79.7 Å². The Bertz CT molecular complexity index is 2630. The summed E-state index contributed by atoms with van der Waals surface area (Å²) < 4.78 is 0. The van der Waals surface area contributed by atoms with E-state index in [0.29, 0.717) is 30.9 Å². The maximum absolute atomic E-state index is 13.6. The molecule has 0 radical (unpaired) electrons. The lowest BCUT2D eigenvalue weighted by molar-refractivity contribution is -0.122. The molecular weight excluding hydrogens is 733 g/mol. The molecule has 14 heteroatoms. The molecule has 2 saturated carbocycles. The molecule has 4 heterocycles. The van der Waals surface area contributed by atoms with E-state index < -0.39 is 23.4 Å². The van der Waals surface area contributed by atoms with Gasteiger partial charge >= 0.3 is 0 Å². The molecule has 2 aliphatic heterocycles. The molecule has 14 nitrogen and oxygen atoms in total. The Morgan fingerprint density at radius 3 is 2.03 bits per heavy atom. The number of aromatic nitrogens is 6. The van der Waals surface area contributed by atoms with Gasteiger partial charge in [0.1, 0.15) is 23.2 Å². The van der Waals surface area contributed by atoms with Crippen molar-refractivity contribution < 1.29 is 19.2 Å². The Labute approximate surface area is 333 Å². The van der Waals surface area contributed by atoms with Gasteiger partial charge in [-0.05, 0) is 69.8 Å². The van der Waals surface area contributed by atoms with Crippen LogP contribution in [0.4, 0.5) is 11.4 Å². The third kappa shape index (κ3) is 5.77. The van der Waals surface area contributed by atoms with Crippen LogP contribution in [0.5, 0.6) is 0 Å². The van der Waals surface area contributed by atoms with E-state index in [0.717, 1.165) is 44.8 Å². The molecule has 4 amide bonds. The van der Waals surface area contributed by atoms with Crippen molar-refractivity contribution in [2.45, 2.75) is 49.6 Å². The molecule has 4 N–H and O–H groups in total. The first-order valence-corrected chi connectivity index (χ1v) is 19.5. The minimum absolute atomic E-state index is 0.00425. The molecule has 0 bridgehead atoms. The number of anilines is 2. The van der Waals surface area contributed by atoms with Gasteiger partial charge in [0, 0.05) is 50.1 Å². The summed E-state index contributed by atoms with van der Waals surface area (Å²) in [6.45, 7) is 2.06. The molecular formula is C44H40N10O4. The Morgan fingerprint density at radius 1 is 0.724 bits per heavy atom. The van der Waals surface area contributed by atoms with Gasteiger partial charge in [-0.15, -0.1) is 10.2 Å². The second-order valence-corrected chi connectivity index (χ2v) is 15.9. The Morgan fingerprint density at radius 2 is 1.33 bits per heavy atom. The second-order valence-electron chi connectivity index (χ2n) is 15.9. The number of carbonyl (C=O) groups excluding carboxylic acids is 4. The van der Waals surface area contributed by atoms with Crippen LogP contribution in [0.1, 0.15) is 80.3 Å². The van der Waals surface area contributed by atoms with E-state index in [1.165, 1.54) is 0 Å². The number of carbonyl (C=O) groups is 4. The van der Waals surface area contributed by atoms with Crippen LogP contribution >= 0.6 is 0 Å². The van der Waals surface area contributed by atoms with Gasteiger partial charge in [-0.1, -0.05) is 85.8 Å². The maximum Gasteiger partial charge on any atom is 0.291 e. The van der Waals surface area contributed by atoms with Crippen LogP contribution < -0.4 is 20.4 Å². The number of para-hydroxylation sites is 1. The number of nitrogens with zero attached hydrogens (tertiary/aromatic N) is 6. The molecule has 4 aliphatic rings. The molecule has 3 unspecified atom stereocenters. The van der Waals surface area contributed by atoms with E-state index in [4.69, 9.17) is 0 Å². The normalized spacial score (nSPS) is 23.9. The number of hydrogen-bond acceptors (Lipinski definition) is 8. The van der Waals surface area contributed by atoms with Crippen molar-refractivity contribution in [3.8, 4) is 11.1 Å². The lowest BCUT2D eigenvalue weighted by Gasteiger charge is -2.26. The zero-order valence-electron chi connectivity index (χ0n) is 32.1. The topological polar surface area (TPSA) is 182 Å². The van der Waals surface area contributed by atoms with Gasteiger partial charge in [-0.2, -0.15) is 0 Å². The summed E-state index contributed by atoms with van der Waals surface area (Å²) in [6.07, 6.45) is 1.35. The van der Waals surface area contributed by atoms with E-state index in [9.17, 15) is 19.2 Å². The number of aromatic amines is 2. The van der Waals surface area contributed by atoms with Gasteiger partial charge in [0.05, 0.1) is 0 Å². The highest BCUT2D eigenvalue weighted by atomic mass is 16.2. The fraction of sp³-hybridized carbons (Fsp3) is 0.273. The largest absolute Gasteiger partial charge is 0.337 e. The molecule has 2 fully saturated rings. The molecule has 4 aromatic carbocycles. The first-order chi connectivity index (χ1) is 28.1. The zero-order chi connectivity index (χ0) is 39.9. The fourth-order valence-corrected chi connectivity index (χ4v) is 9.26. The van der Waals surface area contributed by atoms with Crippen LogP contribution in [0.15, 0.2) is 97.1 Å². The SMILES string of the molecule is C[C@H]1C[C@@H](NC(=O)c2n[nH]c(Cc3ccccc3)n2)C(=O)N(C)c2ccc(-c3ccc(Cc4nc(C(=O)NC56C(=O)N(C)c7ccccc7C7C5[C@@H]76)n[nH]4)cc3)cc21. The number of amides is 4. The summed E-state index contributed by atoms with van der Waals surface area (Å²) in [5.74, 6) is 0.288. The highest BCUT2D eigenvalue weighted by molar-refractivity contribution is 6.11. The average Bonchev–Trinajstić information content (AvgIpc) is 4.00. The predicted octanol–water partition coefficient (Wildman–Crippen LogP) is 4.53. The van der Waals surface area contributed by atoms with Crippen molar-refractivity contribution in [1.29, 1.82) is 0 Å². The minimum atomic E-state index is -0.895. The molecule has 2 aromatic heterocycles. The summed E-state index contributed by atoms with van der Waals surface area (Å²) in [5.41, 5.74) is 6.97. The second kappa shape index (κ2) is 13.3. The van der Waals surface area contributed by atoms with Crippen molar-refractivity contribution in [1.82, 2.24) is 41.0 Å². The van der Waals surface area contributed by atoms with Gasteiger partial charge in [-0.3, -0.25) is 29.4 Å². The lowest BCUT2D eigenvalue weighted by atomic mass is 9.91. The number of fused-ring (bicyclic) bond motifs is 5. The Balaban J connectivity index is 0.780. The van der Waals surface area contributed by atoms with E-state index in [1.807, 2.05) is 84.9 Å². The molecule has 10 rings (SSSR count). The van der Waals surface area contributed by atoms with Crippen LogP contribution in [0.2, 0.25) is 0 Å². The van der Waals surface area contributed by atoms with Crippen molar-refractivity contribution in [3.63, 3.8) is 0 Å². The number of likely N-dealkylation sites (N-methyl/N-ethyl adjacent to an activating group) is 2. The standard InChI is InChI=1S/C44H40N10O4/c1-23-19-30(45-40(55)38-46-33(49-51-38)20-24-9-5-4-6-10-24)42(57)53(2)32-18-17-27(22-29(23)32)26-15-13-25(14-16-26)21-34-47-39(52-50-34)41(56)48-44-36-35(37(36)44)28-11-7-8-12-31(28)54(3)43(44)58/h4-18,22-23,30,35-37H,19-21H2,1-3H3,(H,45,55)(H,48,56)(H,46,49,51)(H,47,50,52)/t23-,30+,35?,36+,37?,44?/m0/s1. The first kappa shape index (κ1) is 35.5. The summed E-state index contributed by atoms with van der Waals surface area (Å²) >= 11 is 0. The molecule has 2 aliphatic carbocycles. The minimum Gasteiger partial charge on any atom is -0.337 e. The third-order valence-corrected chi connectivity index (χ3v) is 12.4. The molecule has 0 saturated heterocycles. The van der Waals surface area contributed by atoms with Crippen LogP contribution in [0, 0.1) is 11.8 Å². The lowest BCUT2D eigenvalue weighted by Crippen LogP contribution is -2.54. The zero-order valence-corrected chi connectivity index (χ0v) is 32.1. The molecule has 6 atom stereocenters. The Kier molecular flexibility index (Phi) is 8.14. The van der Waals surface area contributed by atoms with Gasteiger partial charge < -0.3 is 20.4 Å².